The maximum atomic E-state index is 13.2. The Morgan fingerprint density at radius 2 is 1.28 bits per heavy atom. The van der Waals surface area contributed by atoms with Crippen molar-refractivity contribution >= 4 is 60.6 Å². The zero-order valence-corrected chi connectivity index (χ0v) is 25.4. The number of phosphoric ester groups is 1. The highest BCUT2D eigenvalue weighted by atomic mass is 32.5. The van der Waals surface area contributed by atoms with E-state index in [1.165, 1.54) is 4.57 Å². The van der Waals surface area contributed by atoms with Crippen molar-refractivity contribution in [1.29, 1.82) is 0 Å². The van der Waals surface area contributed by atoms with Gasteiger partial charge < -0.3 is 45.5 Å². The second kappa shape index (κ2) is 11.2. The van der Waals surface area contributed by atoms with Crippen LogP contribution in [0.3, 0.4) is 0 Å². The normalized spacial score (nSPS) is 37.1. The van der Waals surface area contributed by atoms with Crippen LogP contribution >= 0.6 is 14.5 Å². The number of H-pyrrole nitrogens is 2. The Morgan fingerprint density at radius 3 is 1.78 bits per heavy atom. The van der Waals surface area contributed by atoms with Crippen LogP contribution in [0.1, 0.15) is 12.5 Å². The molecule has 46 heavy (non-hydrogen) atoms. The summed E-state index contributed by atoms with van der Waals surface area (Å²) in [4.78, 5) is 66.9. The molecule has 3 aliphatic rings. The van der Waals surface area contributed by atoms with Gasteiger partial charge in [0.2, 0.25) is 11.9 Å². The zero-order valence-electron chi connectivity index (χ0n) is 22.8. The molecule has 0 amide bonds. The van der Waals surface area contributed by atoms with Gasteiger partial charge in [0.15, 0.2) is 34.8 Å². The summed E-state index contributed by atoms with van der Waals surface area (Å²) in [5, 5.41) is 22.3. The number of fused-ring (bicyclic) bond motifs is 6. The average Bonchev–Trinajstić information content (AvgIpc) is 3.72. The van der Waals surface area contributed by atoms with Crippen molar-refractivity contribution in [3.8, 4) is 0 Å². The van der Waals surface area contributed by atoms with Crippen molar-refractivity contribution in [2.75, 3.05) is 24.7 Å². The molecule has 4 aromatic rings. The summed E-state index contributed by atoms with van der Waals surface area (Å²) in [6.07, 6.45) is -10.1. The summed E-state index contributed by atoms with van der Waals surface area (Å²) < 4.78 is 48.9. The fraction of sp³-hybridized carbons (Fsp3) is 0.500. The van der Waals surface area contributed by atoms with E-state index in [4.69, 9.17) is 50.8 Å². The molecule has 3 unspecified atom stereocenters. The highest BCUT2D eigenvalue weighted by Gasteiger charge is 2.53. The van der Waals surface area contributed by atoms with E-state index in [2.05, 4.69) is 29.9 Å². The monoisotopic (exact) mass is 706 g/mol. The second-order valence-electron chi connectivity index (χ2n) is 10.3. The Balaban J connectivity index is 1.23. The molecule has 0 saturated carbocycles. The van der Waals surface area contributed by atoms with Gasteiger partial charge in [0, 0.05) is 0 Å². The first-order valence-electron chi connectivity index (χ1n) is 13.1. The van der Waals surface area contributed by atoms with E-state index in [9.17, 15) is 34.2 Å². The van der Waals surface area contributed by atoms with Gasteiger partial charge in [-0.25, -0.2) is 14.5 Å². The minimum Gasteiger partial charge on any atom is -0.387 e. The number of ether oxygens (including phenoxy) is 2. The topological polar surface area (TPSA) is 333 Å². The maximum Gasteiger partial charge on any atom is 0.472 e. The molecule has 26 heteroatoms. The molecule has 10 atom stereocenters. The number of aromatic amines is 2. The molecule has 7 rings (SSSR count). The van der Waals surface area contributed by atoms with E-state index in [1.807, 2.05) is 0 Å². The molecule has 3 fully saturated rings. The molecule has 4 aromatic heterocycles. The molecular formula is C20H24N10O13P2S. The van der Waals surface area contributed by atoms with Crippen LogP contribution in [0.15, 0.2) is 22.2 Å². The number of phosphoric acid groups is 1. The zero-order chi connectivity index (χ0) is 32.7. The summed E-state index contributed by atoms with van der Waals surface area (Å²) in [6.45, 7) is -5.77. The van der Waals surface area contributed by atoms with E-state index < -0.39 is 88.0 Å². The lowest BCUT2D eigenvalue weighted by molar-refractivity contribution is -0.0649. The van der Waals surface area contributed by atoms with E-state index in [-0.39, 0.29) is 34.2 Å². The van der Waals surface area contributed by atoms with Gasteiger partial charge in [-0.15, -0.1) is 0 Å². The smallest absolute Gasteiger partial charge is 0.387 e. The van der Waals surface area contributed by atoms with Crippen molar-refractivity contribution in [3.63, 3.8) is 0 Å². The van der Waals surface area contributed by atoms with Gasteiger partial charge in [-0.3, -0.25) is 42.3 Å². The number of aromatic nitrogens is 8. The Kier molecular flexibility index (Phi) is 7.64. The van der Waals surface area contributed by atoms with Gasteiger partial charge >= 0.3 is 14.5 Å². The van der Waals surface area contributed by atoms with Gasteiger partial charge in [0.05, 0.1) is 25.9 Å². The van der Waals surface area contributed by atoms with Gasteiger partial charge in [-0.2, -0.15) is 9.97 Å². The molecule has 0 radical (unpaired) electrons. The first-order valence-corrected chi connectivity index (χ1v) is 17.2. The first-order chi connectivity index (χ1) is 21.7. The fourth-order valence-electron chi connectivity index (χ4n) is 5.35. The minimum atomic E-state index is -5.10. The molecule has 3 aliphatic heterocycles. The summed E-state index contributed by atoms with van der Waals surface area (Å²) in [7, 11) is -5.10. The van der Waals surface area contributed by atoms with Gasteiger partial charge in [-0.1, -0.05) is 0 Å². The number of imidazole rings is 2. The lowest BCUT2D eigenvalue weighted by atomic mass is 10.1. The number of rotatable bonds is 2. The van der Waals surface area contributed by atoms with Crippen LogP contribution in [-0.2, 0) is 43.9 Å². The Hall–Kier alpha value is -3.22. The summed E-state index contributed by atoms with van der Waals surface area (Å²) in [5.41, 5.74) is 9.49. The van der Waals surface area contributed by atoms with Crippen molar-refractivity contribution in [1.82, 2.24) is 39.0 Å². The quantitative estimate of drug-likeness (QED) is 0.0967. The number of aliphatic hydroxyl groups excluding tert-OH is 2. The van der Waals surface area contributed by atoms with Gasteiger partial charge in [-0.05, 0) is 11.8 Å². The summed E-state index contributed by atoms with van der Waals surface area (Å²) >= 11 is 5.19. The molecule has 0 spiro atoms. The predicted molar refractivity (Wildman–Crippen MR) is 153 cm³/mol. The number of nitrogens with one attached hydrogen (secondary N) is 2. The third-order valence-electron chi connectivity index (χ3n) is 7.39. The van der Waals surface area contributed by atoms with Crippen LogP contribution < -0.4 is 22.6 Å². The Bertz CT molecular complexity index is 1910. The predicted octanol–water partition coefficient (Wildman–Crippen LogP) is -2.93. The van der Waals surface area contributed by atoms with Gasteiger partial charge in [0.25, 0.3) is 11.1 Å². The highest BCUT2D eigenvalue weighted by Crippen LogP contribution is 2.53. The molecule has 10 N–H and O–H groups in total. The molecule has 23 nitrogen and oxygen atoms in total. The fourth-order valence-corrected chi connectivity index (χ4v) is 7.70. The summed E-state index contributed by atoms with van der Waals surface area (Å²) in [6, 6.07) is 0. The van der Waals surface area contributed by atoms with Crippen LogP contribution in [-0.4, -0.2) is 109 Å². The number of nitrogens with zero attached hydrogens (tertiary/aromatic N) is 6. The summed E-state index contributed by atoms with van der Waals surface area (Å²) in [5.74, 6) is -0.534. The van der Waals surface area contributed by atoms with E-state index in [0.29, 0.717) is 0 Å². The number of nitrogens with two attached hydrogens (primary N) is 2. The van der Waals surface area contributed by atoms with Crippen molar-refractivity contribution in [3.05, 3.63) is 33.4 Å². The number of nitrogen functional groups attached to an aromatic ring is 2. The maximum absolute atomic E-state index is 13.2. The molecule has 0 aliphatic carbocycles. The van der Waals surface area contributed by atoms with E-state index in [1.54, 1.807) is 0 Å². The molecule has 3 saturated heterocycles. The molecule has 7 heterocycles. The molecule has 248 valence electrons. The van der Waals surface area contributed by atoms with Crippen LogP contribution in [0, 0.1) is 0 Å². The number of aliphatic hydroxyl groups is 2. The van der Waals surface area contributed by atoms with Crippen LogP contribution in [0.25, 0.3) is 22.3 Å². The molecular weight excluding hydrogens is 682 g/mol. The van der Waals surface area contributed by atoms with E-state index in [0.717, 1.165) is 17.2 Å². The third kappa shape index (κ3) is 5.45. The molecule has 4 bridgehead atoms. The second-order valence-corrected chi connectivity index (χ2v) is 14.5. The number of anilines is 2. The Labute approximate surface area is 258 Å². The van der Waals surface area contributed by atoms with Crippen LogP contribution in [0.4, 0.5) is 11.9 Å². The lowest BCUT2D eigenvalue weighted by Crippen LogP contribution is -2.38. The van der Waals surface area contributed by atoms with Crippen molar-refractivity contribution in [2.45, 2.75) is 49.1 Å². The number of hydrogen-bond donors (Lipinski definition) is 8. The van der Waals surface area contributed by atoms with Crippen LogP contribution in [0.2, 0.25) is 0 Å². The van der Waals surface area contributed by atoms with E-state index >= 15 is 0 Å². The first kappa shape index (κ1) is 31.4. The lowest BCUT2D eigenvalue weighted by Gasteiger charge is -2.27. The van der Waals surface area contributed by atoms with Gasteiger partial charge in [0.1, 0.15) is 36.6 Å². The number of hydrogen-bond acceptors (Lipinski definition) is 18. The van der Waals surface area contributed by atoms with Crippen LogP contribution in [0.5, 0.6) is 0 Å². The SMILES string of the molecule is Nc1nc2c(ncn2C2O[C@@H]3COP(=O)(O)O[C@@H]4[C@H](O)[C@@H](COP(O)(=S)O[C@@H]2[C@@H]3O)O[C@H]4n2cnc3c(=O)[nH]c(N)nc32)c(=O)[nH]1. The third-order valence-corrected chi connectivity index (χ3v) is 9.93. The highest BCUT2D eigenvalue weighted by molar-refractivity contribution is 8.07. The largest absolute Gasteiger partial charge is 0.472 e. The minimum absolute atomic E-state index is 0.0833. The standard InChI is InChI=1S/C20H24N10O13P2S/c21-19-25-13-7(15(33)27-19)23-3-29(13)17-11-9(31)6(41-17)2-39-45(37,46)43-12-10(32)5(1-38-44(35,36)42-11)40-18(12)30-4-24-8-14(30)26-20(22)28-16(8)34/h3-6,9-12,17-18,31-32H,1-2H2,(H,35,36)(H,37,46)(H3,21,25,27,33)(H3,22,26,28,34)/t5-,6-,9-,10-,11-,12-,17-,18?,45?/m1/s1. The van der Waals surface area contributed by atoms with Crippen molar-refractivity contribution in [2.24, 2.45) is 0 Å². The molecule has 0 aromatic carbocycles. The Morgan fingerprint density at radius 1 is 0.826 bits per heavy atom. The van der Waals surface area contributed by atoms with Crippen molar-refractivity contribution < 1.29 is 52.1 Å². The average molecular weight is 706 g/mol.